The van der Waals surface area contributed by atoms with Crippen molar-refractivity contribution in [1.82, 2.24) is 15.0 Å². The third kappa shape index (κ3) is 3.40. The van der Waals surface area contributed by atoms with E-state index in [4.69, 9.17) is 21.9 Å². The van der Waals surface area contributed by atoms with E-state index in [1.54, 1.807) is 0 Å². The largest absolute Gasteiger partial charge is 0.369 e. The van der Waals surface area contributed by atoms with E-state index in [0.717, 1.165) is 31.2 Å². The average molecular weight is 322 g/mol. The van der Waals surface area contributed by atoms with E-state index >= 15 is 0 Å². The number of benzene rings is 1. The topological polar surface area (TPSA) is 71.4 Å². The van der Waals surface area contributed by atoms with Crippen LogP contribution in [0.4, 0.5) is 5.69 Å². The fourth-order valence-corrected chi connectivity index (χ4v) is 2.87. The molecule has 0 saturated carbocycles. The maximum absolute atomic E-state index is 6.11. The van der Waals surface area contributed by atoms with Gasteiger partial charge in [0.1, 0.15) is 0 Å². The molecule has 1 aromatic carbocycles. The second-order valence-corrected chi connectivity index (χ2v) is 5.94. The van der Waals surface area contributed by atoms with Crippen molar-refractivity contribution in [3.63, 3.8) is 0 Å². The number of nitrogens with zero attached hydrogens (tertiary/aromatic N) is 4. The van der Waals surface area contributed by atoms with Crippen LogP contribution in [0.2, 0.25) is 5.02 Å². The first kappa shape index (κ1) is 15.3. The van der Waals surface area contributed by atoms with Crippen molar-refractivity contribution in [2.75, 3.05) is 31.1 Å². The molecule has 1 fully saturated rings. The highest BCUT2D eigenvalue weighted by molar-refractivity contribution is 6.30. The molecule has 7 heteroatoms. The predicted octanol–water partition coefficient (Wildman–Crippen LogP) is 1.81. The van der Waals surface area contributed by atoms with Crippen molar-refractivity contribution in [2.45, 2.75) is 20.0 Å². The van der Waals surface area contributed by atoms with Gasteiger partial charge in [0.15, 0.2) is 5.82 Å². The number of aryl methyl sites for hydroxylation is 1. The highest BCUT2D eigenvalue weighted by Crippen LogP contribution is 2.25. The van der Waals surface area contributed by atoms with Crippen LogP contribution in [0.15, 0.2) is 22.7 Å². The lowest BCUT2D eigenvalue weighted by Crippen LogP contribution is -2.46. The van der Waals surface area contributed by atoms with Gasteiger partial charge in [0.2, 0.25) is 5.89 Å². The van der Waals surface area contributed by atoms with E-state index in [-0.39, 0.29) is 6.54 Å². The fourth-order valence-electron chi connectivity index (χ4n) is 2.71. The molecule has 118 valence electrons. The lowest BCUT2D eigenvalue weighted by Gasteiger charge is -2.36. The van der Waals surface area contributed by atoms with E-state index in [9.17, 15) is 0 Å². The normalized spacial score (nSPS) is 16.2. The molecule has 2 heterocycles. The zero-order chi connectivity index (χ0) is 15.5. The summed E-state index contributed by atoms with van der Waals surface area (Å²) in [4.78, 5) is 8.95. The molecule has 1 saturated heterocycles. The molecule has 0 radical (unpaired) electrons. The molecule has 0 atom stereocenters. The average Bonchev–Trinajstić information content (AvgIpc) is 2.98. The van der Waals surface area contributed by atoms with Gasteiger partial charge in [0.05, 0.1) is 13.1 Å². The summed E-state index contributed by atoms with van der Waals surface area (Å²) in [6.07, 6.45) is 0. The van der Waals surface area contributed by atoms with Gasteiger partial charge in [-0.3, -0.25) is 4.90 Å². The van der Waals surface area contributed by atoms with Crippen LogP contribution in [-0.2, 0) is 13.1 Å². The number of rotatable bonds is 4. The Morgan fingerprint density at radius 3 is 2.73 bits per heavy atom. The van der Waals surface area contributed by atoms with E-state index in [1.165, 1.54) is 11.3 Å². The molecule has 3 rings (SSSR count). The molecule has 2 N–H and O–H groups in total. The standard InChI is InChI=1S/C15H20ClN5O/c1-11-2-3-12(16)8-13(11)21-6-4-20(5-7-21)10-14-18-15(9-17)22-19-14/h2-3,8H,4-7,9-10,17H2,1H3. The Labute approximate surface area is 134 Å². The third-order valence-corrected chi connectivity index (χ3v) is 4.17. The van der Waals surface area contributed by atoms with Crippen molar-refractivity contribution in [3.05, 3.63) is 40.5 Å². The highest BCUT2D eigenvalue weighted by Gasteiger charge is 2.20. The number of anilines is 1. The summed E-state index contributed by atoms with van der Waals surface area (Å²) in [5.74, 6) is 1.19. The predicted molar refractivity (Wildman–Crippen MR) is 85.9 cm³/mol. The lowest BCUT2D eigenvalue weighted by molar-refractivity contribution is 0.240. The van der Waals surface area contributed by atoms with Gasteiger partial charge in [-0.05, 0) is 24.6 Å². The zero-order valence-electron chi connectivity index (χ0n) is 12.6. The summed E-state index contributed by atoms with van der Waals surface area (Å²) in [6.45, 7) is 6.94. The Morgan fingerprint density at radius 1 is 1.27 bits per heavy atom. The quantitative estimate of drug-likeness (QED) is 0.926. The van der Waals surface area contributed by atoms with Gasteiger partial charge in [-0.2, -0.15) is 4.98 Å². The number of hydrogen-bond acceptors (Lipinski definition) is 6. The van der Waals surface area contributed by atoms with Crippen molar-refractivity contribution >= 4 is 17.3 Å². The molecular weight excluding hydrogens is 302 g/mol. The van der Waals surface area contributed by atoms with E-state index < -0.39 is 0 Å². The van der Waals surface area contributed by atoms with Crippen molar-refractivity contribution in [3.8, 4) is 0 Å². The van der Waals surface area contributed by atoms with Gasteiger partial charge in [0.25, 0.3) is 0 Å². The van der Waals surface area contributed by atoms with E-state index in [1.807, 2.05) is 12.1 Å². The summed E-state index contributed by atoms with van der Waals surface area (Å²) < 4.78 is 5.04. The number of halogens is 1. The van der Waals surface area contributed by atoms with Gasteiger partial charge in [0, 0.05) is 36.9 Å². The summed E-state index contributed by atoms with van der Waals surface area (Å²) >= 11 is 6.11. The first-order valence-electron chi connectivity index (χ1n) is 7.40. The molecule has 0 unspecified atom stereocenters. The van der Waals surface area contributed by atoms with E-state index in [0.29, 0.717) is 18.3 Å². The monoisotopic (exact) mass is 321 g/mol. The highest BCUT2D eigenvalue weighted by atomic mass is 35.5. The Balaban J connectivity index is 1.59. The van der Waals surface area contributed by atoms with Crippen LogP contribution in [0.25, 0.3) is 0 Å². The molecular formula is C15H20ClN5O. The van der Waals surface area contributed by atoms with Gasteiger partial charge < -0.3 is 15.2 Å². The number of piperazine rings is 1. The minimum absolute atomic E-state index is 0.287. The first-order valence-corrected chi connectivity index (χ1v) is 7.78. The van der Waals surface area contributed by atoms with Gasteiger partial charge in [-0.25, -0.2) is 0 Å². The van der Waals surface area contributed by atoms with Crippen molar-refractivity contribution in [2.24, 2.45) is 5.73 Å². The van der Waals surface area contributed by atoms with Crippen LogP contribution < -0.4 is 10.6 Å². The fraction of sp³-hybridized carbons (Fsp3) is 0.467. The van der Waals surface area contributed by atoms with Crippen LogP contribution in [-0.4, -0.2) is 41.2 Å². The molecule has 6 nitrogen and oxygen atoms in total. The van der Waals surface area contributed by atoms with Crippen LogP contribution in [0, 0.1) is 6.92 Å². The van der Waals surface area contributed by atoms with Crippen LogP contribution in [0.5, 0.6) is 0 Å². The summed E-state index contributed by atoms with van der Waals surface area (Å²) in [7, 11) is 0. The number of hydrogen-bond donors (Lipinski definition) is 1. The van der Waals surface area contributed by atoms with Gasteiger partial charge >= 0.3 is 0 Å². The molecule has 22 heavy (non-hydrogen) atoms. The number of aromatic nitrogens is 2. The van der Waals surface area contributed by atoms with Crippen LogP contribution in [0.1, 0.15) is 17.3 Å². The van der Waals surface area contributed by atoms with Crippen LogP contribution >= 0.6 is 11.6 Å². The molecule has 0 spiro atoms. The summed E-state index contributed by atoms with van der Waals surface area (Å²) in [5, 5.41) is 4.73. The Bertz CT molecular complexity index is 637. The molecule has 0 amide bonds. The minimum atomic E-state index is 0.287. The number of nitrogens with two attached hydrogens (primary N) is 1. The molecule has 1 aromatic heterocycles. The van der Waals surface area contributed by atoms with Crippen molar-refractivity contribution < 1.29 is 4.52 Å². The van der Waals surface area contributed by atoms with Crippen molar-refractivity contribution in [1.29, 1.82) is 0 Å². The maximum atomic E-state index is 6.11. The maximum Gasteiger partial charge on any atom is 0.240 e. The van der Waals surface area contributed by atoms with Gasteiger partial charge in [-0.15, -0.1) is 0 Å². The zero-order valence-corrected chi connectivity index (χ0v) is 13.4. The molecule has 2 aromatic rings. The summed E-state index contributed by atoms with van der Waals surface area (Å²) in [6, 6.07) is 6.04. The Morgan fingerprint density at radius 2 is 2.05 bits per heavy atom. The SMILES string of the molecule is Cc1ccc(Cl)cc1N1CCN(Cc2noc(CN)n2)CC1. The lowest BCUT2D eigenvalue weighted by atomic mass is 10.1. The Kier molecular flexibility index (Phi) is 4.61. The third-order valence-electron chi connectivity index (χ3n) is 3.93. The smallest absolute Gasteiger partial charge is 0.240 e. The first-order chi connectivity index (χ1) is 10.7. The van der Waals surface area contributed by atoms with Crippen LogP contribution in [0.3, 0.4) is 0 Å². The molecule has 1 aliphatic heterocycles. The molecule has 1 aliphatic rings. The molecule has 0 bridgehead atoms. The molecule has 0 aliphatic carbocycles. The Hall–Kier alpha value is -1.63. The minimum Gasteiger partial charge on any atom is -0.369 e. The van der Waals surface area contributed by atoms with Gasteiger partial charge in [-0.1, -0.05) is 22.8 Å². The van der Waals surface area contributed by atoms with E-state index in [2.05, 4.69) is 32.9 Å². The summed E-state index contributed by atoms with van der Waals surface area (Å²) in [5.41, 5.74) is 7.95. The second kappa shape index (κ2) is 6.64. The second-order valence-electron chi connectivity index (χ2n) is 5.50.